The maximum absolute atomic E-state index is 4.01. The van der Waals surface area contributed by atoms with Gasteiger partial charge in [0.05, 0.1) is 0 Å². The Hall–Kier alpha value is -0.890. The average Bonchev–Trinajstić information content (AvgIpc) is 2.66. The Labute approximate surface area is 92.1 Å². The van der Waals surface area contributed by atoms with Gasteiger partial charge in [0.25, 0.3) is 0 Å². The first kappa shape index (κ1) is 10.6. The van der Waals surface area contributed by atoms with Gasteiger partial charge in [-0.15, -0.1) is 0 Å². The van der Waals surface area contributed by atoms with Crippen molar-refractivity contribution < 1.29 is 0 Å². The summed E-state index contributed by atoms with van der Waals surface area (Å²) in [6, 6.07) is 4.15. The molecule has 2 rings (SSSR count). The fourth-order valence-electron chi connectivity index (χ4n) is 2.43. The number of hydrogen-bond donors (Lipinski definition) is 1. The molecule has 0 bridgehead atoms. The molecule has 82 valence electrons. The van der Waals surface area contributed by atoms with Crippen LogP contribution in [0.3, 0.4) is 0 Å². The fraction of sp³-hybridized carbons (Fsp3) is 0.615. The van der Waals surface area contributed by atoms with Crippen LogP contribution in [-0.4, -0.2) is 11.5 Å². The van der Waals surface area contributed by atoms with Crippen LogP contribution in [0.2, 0.25) is 0 Å². The Bertz CT molecular complexity index is 284. The molecule has 1 aromatic heterocycles. The Balaban J connectivity index is 1.67. The molecule has 2 unspecified atom stereocenters. The lowest BCUT2D eigenvalue weighted by atomic mass is 10.1. The van der Waals surface area contributed by atoms with Gasteiger partial charge in [-0.25, -0.2) is 0 Å². The zero-order valence-electron chi connectivity index (χ0n) is 9.45. The van der Waals surface area contributed by atoms with Crippen molar-refractivity contribution in [2.75, 3.05) is 6.54 Å². The molecule has 0 aromatic carbocycles. The van der Waals surface area contributed by atoms with Gasteiger partial charge in [-0.1, -0.05) is 13.3 Å². The van der Waals surface area contributed by atoms with Gasteiger partial charge in [-0.2, -0.15) is 0 Å². The van der Waals surface area contributed by atoms with Gasteiger partial charge in [0.2, 0.25) is 0 Å². The van der Waals surface area contributed by atoms with Crippen molar-refractivity contribution in [3.05, 3.63) is 30.1 Å². The maximum Gasteiger partial charge on any atom is 0.0271 e. The summed E-state index contributed by atoms with van der Waals surface area (Å²) in [4.78, 5) is 4.01. The summed E-state index contributed by atoms with van der Waals surface area (Å²) in [6.07, 6.45) is 7.94. The first-order chi connectivity index (χ1) is 7.34. The molecule has 1 fully saturated rings. The van der Waals surface area contributed by atoms with Gasteiger partial charge in [-0.3, -0.25) is 4.98 Å². The lowest BCUT2D eigenvalue weighted by Gasteiger charge is -2.10. The number of nitrogens with one attached hydrogen (secondary N) is 1. The first-order valence-electron chi connectivity index (χ1n) is 5.94. The van der Waals surface area contributed by atoms with Crippen LogP contribution < -0.4 is 5.32 Å². The zero-order chi connectivity index (χ0) is 10.5. The second-order valence-corrected chi connectivity index (χ2v) is 4.77. The van der Waals surface area contributed by atoms with E-state index >= 15 is 0 Å². The Morgan fingerprint density at radius 1 is 1.33 bits per heavy atom. The summed E-state index contributed by atoms with van der Waals surface area (Å²) >= 11 is 0. The van der Waals surface area contributed by atoms with Crippen molar-refractivity contribution in [1.82, 2.24) is 10.3 Å². The van der Waals surface area contributed by atoms with Crippen LogP contribution in [0.5, 0.6) is 0 Å². The molecule has 0 saturated heterocycles. The Morgan fingerprint density at radius 2 is 2.13 bits per heavy atom. The van der Waals surface area contributed by atoms with Gasteiger partial charge >= 0.3 is 0 Å². The highest BCUT2D eigenvalue weighted by molar-refractivity contribution is 5.08. The average molecular weight is 204 g/mol. The van der Waals surface area contributed by atoms with E-state index in [2.05, 4.69) is 29.4 Å². The molecular formula is C13H20N2. The summed E-state index contributed by atoms with van der Waals surface area (Å²) < 4.78 is 0. The minimum atomic E-state index is 0.904. The summed E-state index contributed by atoms with van der Waals surface area (Å²) in [5, 5.41) is 3.54. The summed E-state index contributed by atoms with van der Waals surface area (Å²) in [6.45, 7) is 4.52. The quantitative estimate of drug-likeness (QED) is 0.815. The van der Waals surface area contributed by atoms with E-state index in [0.29, 0.717) is 0 Å². The van der Waals surface area contributed by atoms with Crippen molar-refractivity contribution >= 4 is 0 Å². The molecule has 1 aliphatic carbocycles. The minimum Gasteiger partial charge on any atom is -0.312 e. The monoisotopic (exact) mass is 204 g/mol. The van der Waals surface area contributed by atoms with E-state index < -0.39 is 0 Å². The molecule has 0 radical (unpaired) electrons. The van der Waals surface area contributed by atoms with Crippen molar-refractivity contribution in [3.63, 3.8) is 0 Å². The molecular weight excluding hydrogens is 184 g/mol. The van der Waals surface area contributed by atoms with E-state index in [4.69, 9.17) is 0 Å². The van der Waals surface area contributed by atoms with Gasteiger partial charge in [0.15, 0.2) is 0 Å². The van der Waals surface area contributed by atoms with Crippen LogP contribution in [0.15, 0.2) is 24.5 Å². The molecule has 0 spiro atoms. The largest absolute Gasteiger partial charge is 0.312 e. The number of rotatable bonds is 4. The lowest BCUT2D eigenvalue weighted by molar-refractivity contribution is 0.470. The zero-order valence-corrected chi connectivity index (χ0v) is 9.45. The highest BCUT2D eigenvalue weighted by Crippen LogP contribution is 2.29. The SMILES string of the molecule is CC1CCC(CNCc2ccncc2)C1. The van der Waals surface area contributed by atoms with Crippen LogP contribution in [0.4, 0.5) is 0 Å². The predicted octanol–water partition coefficient (Wildman–Crippen LogP) is 2.61. The standard InChI is InChI=1S/C13H20N2/c1-11-2-3-13(8-11)10-15-9-12-4-6-14-7-5-12/h4-7,11,13,15H,2-3,8-10H2,1H3. The normalized spacial score (nSPS) is 25.7. The smallest absolute Gasteiger partial charge is 0.0271 e. The van der Waals surface area contributed by atoms with Gasteiger partial charge < -0.3 is 5.32 Å². The van der Waals surface area contributed by atoms with Crippen molar-refractivity contribution in [2.45, 2.75) is 32.7 Å². The summed E-state index contributed by atoms with van der Waals surface area (Å²) in [7, 11) is 0. The van der Waals surface area contributed by atoms with Gasteiger partial charge in [0, 0.05) is 18.9 Å². The number of nitrogens with zero attached hydrogens (tertiary/aromatic N) is 1. The molecule has 1 aromatic rings. The Morgan fingerprint density at radius 3 is 2.80 bits per heavy atom. The summed E-state index contributed by atoms with van der Waals surface area (Å²) in [5.41, 5.74) is 1.33. The van der Waals surface area contributed by atoms with Gasteiger partial charge in [0.1, 0.15) is 0 Å². The second kappa shape index (κ2) is 5.26. The molecule has 2 heteroatoms. The molecule has 1 N–H and O–H groups in total. The van der Waals surface area contributed by atoms with Gasteiger partial charge in [-0.05, 0) is 48.9 Å². The number of pyridine rings is 1. The van der Waals surface area contributed by atoms with E-state index in [1.807, 2.05) is 12.4 Å². The molecule has 2 nitrogen and oxygen atoms in total. The Kier molecular flexibility index (Phi) is 3.73. The number of aromatic nitrogens is 1. The van der Waals surface area contributed by atoms with Crippen molar-refractivity contribution in [3.8, 4) is 0 Å². The van der Waals surface area contributed by atoms with E-state index in [0.717, 1.165) is 18.4 Å². The number of hydrogen-bond acceptors (Lipinski definition) is 2. The van der Waals surface area contributed by atoms with Crippen molar-refractivity contribution in [1.29, 1.82) is 0 Å². The molecule has 2 atom stereocenters. The molecule has 0 amide bonds. The molecule has 15 heavy (non-hydrogen) atoms. The lowest BCUT2D eigenvalue weighted by Crippen LogP contribution is -2.20. The second-order valence-electron chi connectivity index (χ2n) is 4.77. The topological polar surface area (TPSA) is 24.9 Å². The molecule has 1 aliphatic rings. The molecule has 1 saturated carbocycles. The minimum absolute atomic E-state index is 0.904. The van der Waals surface area contributed by atoms with Crippen LogP contribution in [-0.2, 0) is 6.54 Å². The highest BCUT2D eigenvalue weighted by Gasteiger charge is 2.20. The van der Waals surface area contributed by atoms with E-state index in [9.17, 15) is 0 Å². The maximum atomic E-state index is 4.01. The predicted molar refractivity (Wildman–Crippen MR) is 62.4 cm³/mol. The third-order valence-corrected chi connectivity index (χ3v) is 3.31. The van der Waals surface area contributed by atoms with Crippen molar-refractivity contribution in [2.24, 2.45) is 11.8 Å². The third kappa shape index (κ3) is 3.31. The van der Waals surface area contributed by atoms with Crippen LogP contribution in [0.1, 0.15) is 31.7 Å². The third-order valence-electron chi connectivity index (χ3n) is 3.31. The van der Waals surface area contributed by atoms with E-state index in [1.165, 1.54) is 31.4 Å². The summed E-state index contributed by atoms with van der Waals surface area (Å²) in [5.74, 6) is 1.85. The molecule has 0 aliphatic heterocycles. The van der Waals surface area contributed by atoms with Crippen LogP contribution in [0, 0.1) is 11.8 Å². The van der Waals surface area contributed by atoms with Crippen LogP contribution in [0.25, 0.3) is 0 Å². The first-order valence-corrected chi connectivity index (χ1v) is 5.94. The van der Waals surface area contributed by atoms with Crippen LogP contribution >= 0.6 is 0 Å². The highest BCUT2D eigenvalue weighted by atomic mass is 14.9. The van der Waals surface area contributed by atoms with E-state index in [1.54, 1.807) is 0 Å². The molecule has 1 heterocycles. The van der Waals surface area contributed by atoms with E-state index in [-0.39, 0.29) is 0 Å². The fourth-order valence-corrected chi connectivity index (χ4v) is 2.43.